The van der Waals surface area contributed by atoms with E-state index in [1.54, 1.807) is 6.07 Å². The topological polar surface area (TPSA) is 17.1 Å². The van der Waals surface area contributed by atoms with Crippen LogP contribution in [0.1, 0.15) is 44.1 Å². The van der Waals surface area contributed by atoms with Gasteiger partial charge in [-0.2, -0.15) is 0 Å². The Labute approximate surface area is 112 Å². The molecule has 1 aromatic carbocycles. The molecule has 98 valence electrons. The maximum Gasteiger partial charge on any atom is 0.142 e. The van der Waals surface area contributed by atoms with Gasteiger partial charge >= 0.3 is 0 Å². The SMILES string of the molecule is O=C(Cc1ccc(Cl)c(F)c1)C1CCCCCC1. The largest absolute Gasteiger partial charge is 0.299 e. The van der Waals surface area contributed by atoms with Crippen molar-refractivity contribution in [3.8, 4) is 0 Å². The third kappa shape index (κ3) is 3.55. The standard InChI is InChI=1S/C15H18ClFO/c16-13-8-7-11(9-14(13)17)10-15(18)12-5-3-1-2-4-6-12/h7-9,12H,1-6,10H2. The first kappa shape index (κ1) is 13.5. The van der Waals surface area contributed by atoms with Crippen molar-refractivity contribution in [1.82, 2.24) is 0 Å². The second-order valence-corrected chi connectivity index (χ2v) is 5.49. The van der Waals surface area contributed by atoms with E-state index in [-0.39, 0.29) is 16.7 Å². The highest BCUT2D eigenvalue weighted by Gasteiger charge is 2.20. The summed E-state index contributed by atoms with van der Waals surface area (Å²) < 4.78 is 13.3. The average Bonchev–Trinajstić information content (AvgIpc) is 2.62. The first-order chi connectivity index (χ1) is 8.66. The molecule has 0 bridgehead atoms. The van der Waals surface area contributed by atoms with Crippen LogP contribution in [0.25, 0.3) is 0 Å². The molecule has 0 unspecified atom stereocenters. The minimum absolute atomic E-state index is 0.112. The summed E-state index contributed by atoms with van der Waals surface area (Å²) in [6, 6.07) is 4.63. The van der Waals surface area contributed by atoms with Gasteiger partial charge < -0.3 is 0 Å². The number of hydrogen-bond donors (Lipinski definition) is 0. The van der Waals surface area contributed by atoms with E-state index in [1.807, 2.05) is 0 Å². The molecule has 0 amide bonds. The lowest BCUT2D eigenvalue weighted by molar-refractivity contribution is -0.122. The van der Waals surface area contributed by atoms with Crippen LogP contribution in [0, 0.1) is 11.7 Å². The molecule has 1 fully saturated rings. The molecule has 2 rings (SSSR count). The van der Waals surface area contributed by atoms with Gasteiger partial charge in [-0.15, -0.1) is 0 Å². The van der Waals surface area contributed by atoms with E-state index in [0.717, 1.165) is 31.2 Å². The molecule has 0 atom stereocenters. The van der Waals surface area contributed by atoms with Crippen molar-refractivity contribution < 1.29 is 9.18 Å². The molecule has 0 N–H and O–H groups in total. The van der Waals surface area contributed by atoms with Crippen molar-refractivity contribution in [2.75, 3.05) is 0 Å². The predicted octanol–water partition coefficient (Wildman–Crippen LogP) is 4.56. The van der Waals surface area contributed by atoms with Crippen LogP contribution < -0.4 is 0 Å². The third-order valence-corrected chi connectivity index (χ3v) is 3.98. The molecule has 0 aromatic heterocycles. The number of rotatable bonds is 3. The summed E-state index contributed by atoms with van der Waals surface area (Å²) in [5.74, 6) is -0.0207. The molecule has 0 heterocycles. The minimum Gasteiger partial charge on any atom is -0.299 e. The van der Waals surface area contributed by atoms with Crippen LogP contribution in [0.2, 0.25) is 5.02 Å². The first-order valence-corrected chi connectivity index (χ1v) is 7.01. The molecule has 0 spiro atoms. The lowest BCUT2D eigenvalue weighted by atomic mass is 9.91. The molecular weight excluding hydrogens is 251 g/mol. The maximum atomic E-state index is 13.3. The lowest BCUT2D eigenvalue weighted by Crippen LogP contribution is -2.16. The Morgan fingerprint density at radius 1 is 1.22 bits per heavy atom. The van der Waals surface area contributed by atoms with Crippen molar-refractivity contribution >= 4 is 17.4 Å². The van der Waals surface area contributed by atoms with Crippen molar-refractivity contribution in [1.29, 1.82) is 0 Å². The van der Waals surface area contributed by atoms with Crippen LogP contribution in [0.15, 0.2) is 18.2 Å². The maximum absolute atomic E-state index is 13.3. The van der Waals surface area contributed by atoms with Gasteiger partial charge in [0.2, 0.25) is 0 Å². The van der Waals surface area contributed by atoms with Gasteiger partial charge in [-0.3, -0.25) is 4.79 Å². The van der Waals surface area contributed by atoms with Crippen LogP contribution in [-0.4, -0.2) is 5.78 Å². The fourth-order valence-electron chi connectivity index (χ4n) is 2.60. The zero-order valence-electron chi connectivity index (χ0n) is 10.4. The van der Waals surface area contributed by atoms with Gasteiger partial charge in [-0.1, -0.05) is 43.4 Å². The molecule has 18 heavy (non-hydrogen) atoms. The molecular formula is C15H18ClFO. The summed E-state index contributed by atoms with van der Waals surface area (Å²) in [5, 5.41) is 0.112. The van der Waals surface area contributed by atoms with E-state index >= 15 is 0 Å². The number of ketones is 1. The van der Waals surface area contributed by atoms with Gasteiger partial charge in [-0.05, 0) is 30.5 Å². The number of carbonyl (C=O) groups is 1. The number of carbonyl (C=O) groups excluding carboxylic acids is 1. The second kappa shape index (κ2) is 6.33. The van der Waals surface area contributed by atoms with Gasteiger partial charge in [0.25, 0.3) is 0 Å². The summed E-state index contributed by atoms with van der Waals surface area (Å²) >= 11 is 5.63. The monoisotopic (exact) mass is 268 g/mol. The molecule has 1 nitrogen and oxygen atoms in total. The van der Waals surface area contributed by atoms with Crippen LogP contribution in [0.3, 0.4) is 0 Å². The minimum atomic E-state index is -0.442. The predicted molar refractivity (Wildman–Crippen MR) is 71.3 cm³/mol. The summed E-state index contributed by atoms with van der Waals surface area (Å²) in [5.41, 5.74) is 0.728. The zero-order valence-corrected chi connectivity index (χ0v) is 11.2. The van der Waals surface area contributed by atoms with Crippen molar-refractivity contribution in [2.45, 2.75) is 44.9 Å². The van der Waals surface area contributed by atoms with Crippen LogP contribution in [-0.2, 0) is 11.2 Å². The Morgan fingerprint density at radius 2 is 1.89 bits per heavy atom. The molecule has 0 radical (unpaired) electrons. The van der Waals surface area contributed by atoms with Crippen molar-refractivity contribution in [3.63, 3.8) is 0 Å². The van der Waals surface area contributed by atoms with E-state index < -0.39 is 5.82 Å². The Kier molecular flexibility index (Phi) is 4.76. The van der Waals surface area contributed by atoms with E-state index in [0.29, 0.717) is 6.42 Å². The van der Waals surface area contributed by atoms with Crippen LogP contribution in [0.4, 0.5) is 4.39 Å². The summed E-state index contributed by atoms with van der Waals surface area (Å²) in [7, 11) is 0. The third-order valence-electron chi connectivity index (χ3n) is 3.67. The van der Waals surface area contributed by atoms with E-state index in [4.69, 9.17) is 11.6 Å². The fourth-order valence-corrected chi connectivity index (χ4v) is 2.71. The van der Waals surface area contributed by atoms with E-state index in [9.17, 15) is 9.18 Å². The summed E-state index contributed by atoms with van der Waals surface area (Å²) in [6.45, 7) is 0. The summed E-state index contributed by atoms with van der Waals surface area (Å²) in [4.78, 5) is 12.2. The van der Waals surface area contributed by atoms with Gasteiger partial charge in [0.15, 0.2) is 0 Å². The molecule has 1 aliphatic rings. The Bertz CT molecular complexity index is 423. The summed E-state index contributed by atoms with van der Waals surface area (Å²) in [6.07, 6.45) is 7.08. The molecule has 3 heteroatoms. The number of hydrogen-bond acceptors (Lipinski definition) is 1. The van der Waals surface area contributed by atoms with E-state index in [2.05, 4.69) is 0 Å². The number of Topliss-reactive ketones (excluding diaryl/α,β-unsaturated/α-hetero) is 1. The second-order valence-electron chi connectivity index (χ2n) is 5.08. The van der Waals surface area contributed by atoms with Gasteiger partial charge in [0.05, 0.1) is 5.02 Å². The smallest absolute Gasteiger partial charge is 0.142 e. The van der Waals surface area contributed by atoms with Crippen LogP contribution >= 0.6 is 11.6 Å². The fraction of sp³-hybridized carbons (Fsp3) is 0.533. The average molecular weight is 269 g/mol. The molecule has 1 aliphatic carbocycles. The van der Waals surface area contributed by atoms with Gasteiger partial charge in [-0.25, -0.2) is 4.39 Å². The van der Waals surface area contributed by atoms with Gasteiger partial charge in [0, 0.05) is 12.3 Å². The first-order valence-electron chi connectivity index (χ1n) is 6.63. The molecule has 0 aliphatic heterocycles. The zero-order chi connectivity index (χ0) is 13.0. The molecule has 1 saturated carbocycles. The Hall–Kier alpha value is -0.890. The highest BCUT2D eigenvalue weighted by Crippen LogP contribution is 2.25. The Balaban J connectivity index is 1.99. The number of benzene rings is 1. The van der Waals surface area contributed by atoms with Crippen LogP contribution in [0.5, 0.6) is 0 Å². The normalized spacial score (nSPS) is 17.4. The quantitative estimate of drug-likeness (QED) is 0.735. The molecule has 1 aromatic rings. The highest BCUT2D eigenvalue weighted by atomic mass is 35.5. The lowest BCUT2D eigenvalue weighted by Gasteiger charge is -2.12. The van der Waals surface area contributed by atoms with E-state index in [1.165, 1.54) is 25.0 Å². The molecule has 0 saturated heterocycles. The van der Waals surface area contributed by atoms with Gasteiger partial charge in [0.1, 0.15) is 11.6 Å². The van der Waals surface area contributed by atoms with Crippen molar-refractivity contribution in [2.24, 2.45) is 5.92 Å². The number of halogens is 2. The van der Waals surface area contributed by atoms with Crippen molar-refractivity contribution in [3.05, 3.63) is 34.6 Å². The highest BCUT2D eigenvalue weighted by molar-refractivity contribution is 6.30. The Morgan fingerprint density at radius 3 is 2.50 bits per heavy atom.